The summed E-state index contributed by atoms with van der Waals surface area (Å²) in [5, 5.41) is 8.82. The lowest BCUT2D eigenvalue weighted by Gasteiger charge is -2.22. The molecular weight excluding hydrogens is 266 g/mol. The lowest BCUT2D eigenvalue weighted by Crippen LogP contribution is -2.38. The highest BCUT2D eigenvalue weighted by Gasteiger charge is 2.25. The number of hydrogen-bond acceptors (Lipinski definition) is 3. The van der Waals surface area contributed by atoms with Crippen molar-refractivity contribution in [3.63, 3.8) is 0 Å². The first kappa shape index (κ1) is 15.7. The van der Waals surface area contributed by atoms with Gasteiger partial charge in [0.2, 0.25) is 10.0 Å². The standard InChI is InChI=1S/C13H19NO4S/c1-11(2)8-14(9-13(15)16)19(17,18)10-12-6-4-3-5-7-12/h3-7,11H,8-10H2,1-2H3,(H,15,16). The third kappa shape index (κ3) is 5.40. The summed E-state index contributed by atoms with van der Waals surface area (Å²) >= 11 is 0. The van der Waals surface area contributed by atoms with E-state index in [2.05, 4.69) is 0 Å². The quantitative estimate of drug-likeness (QED) is 0.825. The summed E-state index contributed by atoms with van der Waals surface area (Å²) in [6.07, 6.45) is 0. The Hall–Kier alpha value is -1.40. The number of benzene rings is 1. The Bertz CT molecular complexity index is 511. The molecule has 0 heterocycles. The fraction of sp³-hybridized carbons (Fsp3) is 0.462. The zero-order valence-corrected chi connectivity index (χ0v) is 11.9. The molecule has 106 valence electrons. The first-order valence-electron chi connectivity index (χ1n) is 6.05. The molecule has 0 saturated heterocycles. The van der Waals surface area contributed by atoms with Crippen LogP contribution in [0, 0.1) is 5.92 Å². The topological polar surface area (TPSA) is 74.7 Å². The van der Waals surface area contributed by atoms with Gasteiger partial charge in [0.15, 0.2) is 0 Å². The van der Waals surface area contributed by atoms with Crippen LogP contribution in [0.1, 0.15) is 19.4 Å². The molecule has 0 aliphatic rings. The van der Waals surface area contributed by atoms with E-state index in [9.17, 15) is 13.2 Å². The maximum atomic E-state index is 12.2. The molecule has 0 aliphatic heterocycles. The zero-order chi connectivity index (χ0) is 14.5. The number of carboxylic acids is 1. The maximum absolute atomic E-state index is 12.2. The smallest absolute Gasteiger partial charge is 0.318 e. The summed E-state index contributed by atoms with van der Waals surface area (Å²) in [5.74, 6) is -1.24. The van der Waals surface area contributed by atoms with Crippen molar-refractivity contribution in [3.05, 3.63) is 35.9 Å². The van der Waals surface area contributed by atoms with Crippen LogP contribution in [0.3, 0.4) is 0 Å². The van der Waals surface area contributed by atoms with Gasteiger partial charge in [0, 0.05) is 6.54 Å². The van der Waals surface area contributed by atoms with Crippen molar-refractivity contribution < 1.29 is 18.3 Å². The third-order valence-corrected chi connectivity index (χ3v) is 4.23. The maximum Gasteiger partial charge on any atom is 0.318 e. The van der Waals surface area contributed by atoms with E-state index < -0.39 is 22.5 Å². The van der Waals surface area contributed by atoms with Gasteiger partial charge in [-0.05, 0) is 11.5 Å². The Balaban J connectivity index is 2.89. The van der Waals surface area contributed by atoms with E-state index in [0.717, 1.165) is 4.31 Å². The Labute approximate surface area is 113 Å². The molecule has 19 heavy (non-hydrogen) atoms. The van der Waals surface area contributed by atoms with Crippen LogP contribution in [-0.4, -0.2) is 36.9 Å². The molecule has 0 aliphatic carbocycles. The molecule has 0 radical (unpaired) electrons. The van der Waals surface area contributed by atoms with Gasteiger partial charge in [-0.2, -0.15) is 4.31 Å². The van der Waals surface area contributed by atoms with E-state index in [1.165, 1.54) is 0 Å². The highest BCUT2D eigenvalue weighted by Crippen LogP contribution is 2.12. The molecule has 1 aromatic carbocycles. The molecule has 1 aromatic rings. The van der Waals surface area contributed by atoms with E-state index in [4.69, 9.17) is 5.11 Å². The van der Waals surface area contributed by atoms with Crippen molar-refractivity contribution in [1.82, 2.24) is 4.31 Å². The van der Waals surface area contributed by atoms with E-state index >= 15 is 0 Å². The Morgan fingerprint density at radius 3 is 2.32 bits per heavy atom. The van der Waals surface area contributed by atoms with Crippen molar-refractivity contribution >= 4 is 16.0 Å². The Morgan fingerprint density at radius 2 is 1.84 bits per heavy atom. The van der Waals surface area contributed by atoms with E-state index in [-0.39, 0.29) is 18.2 Å². The molecule has 0 aromatic heterocycles. The molecule has 6 heteroatoms. The first-order valence-corrected chi connectivity index (χ1v) is 7.65. The average molecular weight is 285 g/mol. The number of carboxylic acid groups (broad SMARTS) is 1. The van der Waals surface area contributed by atoms with Crippen molar-refractivity contribution in [2.45, 2.75) is 19.6 Å². The molecule has 5 nitrogen and oxygen atoms in total. The lowest BCUT2D eigenvalue weighted by atomic mass is 10.2. The minimum Gasteiger partial charge on any atom is -0.480 e. The average Bonchev–Trinajstić information content (AvgIpc) is 2.27. The number of carbonyl (C=O) groups is 1. The Kier molecular flexibility index (Phi) is 5.50. The van der Waals surface area contributed by atoms with Gasteiger partial charge in [-0.3, -0.25) is 4.79 Å². The van der Waals surface area contributed by atoms with E-state index in [1.54, 1.807) is 30.3 Å². The van der Waals surface area contributed by atoms with Crippen LogP contribution in [0.5, 0.6) is 0 Å². The lowest BCUT2D eigenvalue weighted by molar-refractivity contribution is -0.137. The van der Waals surface area contributed by atoms with Gasteiger partial charge >= 0.3 is 5.97 Å². The second-order valence-corrected chi connectivity index (χ2v) is 6.79. The normalized spacial score (nSPS) is 12.0. The van der Waals surface area contributed by atoms with Gasteiger partial charge in [0.25, 0.3) is 0 Å². The number of nitrogens with zero attached hydrogens (tertiary/aromatic N) is 1. The molecule has 0 saturated carbocycles. The molecule has 0 atom stereocenters. The largest absolute Gasteiger partial charge is 0.480 e. The Morgan fingerprint density at radius 1 is 1.26 bits per heavy atom. The minimum atomic E-state index is -3.61. The van der Waals surface area contributed by atoms with Crippen LogP contribution >= 0.6 is 0 Å². The molecule has 0 spiro atoms. The van der Waals surface area contributed by atoms with Crippen molar-refractivity contribution in [2.75, 3.05) is 13.1 Å². The predicted molar refractivity (Wildman–Crippen MR) is 73.1 cm³/mol. The van der Waals surface area contributed by atoms with Crippen LogP contribution in [0.2, 0.25) is 0 Å². The highest BCUT2D eigenvalue weighted by molar-refractivity contribution is 7.88. The summed E-state index contributed by atoms with van der Waals surface area (Å²) in [7, 11) is -3.61. The number of aliphatic carboxylic acids is 1. The van der Waals surface area contributed by atoms with Crippen LogP contribution in [0.25, 0.3) is 0 Å². The van der Waals surface area contributed by atoms with Gasteiger partial charge in [0.05, 0.1) is 5.75 Å². The van der Waals surface area contributed by atoms with Crippen LogP contribution < -0.4 is 0 Å². The SMILES string of the molecule is CC(C)CN(CC(=O)O)S(=O)(=O)Cc1ccccc1. The van der Waals surface area contributed by atoms with Gasteiger partial charge in [0.1, 0.15) is 6.54 Å². The summed E-state index contributed by atoms with van der Waals surface area (Å²) in [6.45, 7) is 3.43. The number of hydrogen-bond donors (Lipinski definition) is 1. The van der Waals surface area contributed by atoms with E-state index in [1.807, 2.05) is 13.8 Å². The fourth-order valence-corrected chi connectivity index (χ4v) is 3.34. The molecule has 0 fully saturated rings. The molecule has 0 amide bonds. The molecule has 1 N–H and O–H groups in total. The molecule has 0 unspecified atom stereocenters. The second-order valence-electron chi connectivity index (χ2n) is 4.82. The fourth-order valence-electron chi connectivity index (χ4n) is 1.71. The molecule has 1 rings (SSSR count). The predicted octanol–water partition coefficient (Wildman–Crippen LogP) is 1.56. The van der Waals surface area contributed by atoms with Crippen LogP contribution in [0.15, 0.2) is 30.3 Å². The third-order valence-electron chi connectivity index (χ3n) is 2.47. The van der Waals surface area contributed by atoms with Gasteiger partial charge < -0.3 is 5.11 Å². The second kappa shape index (κ2) is 6.68. The monoisotopic (exact) mass is 285 g/mol. The van der Waals surface area contributed by atoms with Crippen molar-refractivity contribution in [2.24, 2.45) is 5.92 Å². The van der Waals surface area contributed by atoms with Gasteiger partial charge in [-0.15, -0.1) is 0 Å². The summed E-state index contributed by atoms with van der Waals surface area (Å²) in [4.78, 5) is 10.8. The summed E-state index contributed by atoms with van der Waals surface area (Å²) < 4.78 is 25.5. The minimum absolute atomic E-state index is 0.0740. The van der Waals surface area contributed by atoms with E-state index in [0.29, 0.717) is 5.56 Å². The molecule has 0 bridgehead atoms. The van der Waals surface area contributed by atoms with Crippen molar-refractivity contribution in [3.8, 4) is 0 Å². The first-order chi connectivity index (χ1) is 8.81. The van der Waals surface area contributed by atoms with Gasteiger partial charge in [-0.1, -0.05) is 44.2 Å². The number of sulfonamides is 1. The van der Waals surface area contributed by atoms with Gasteiger partial charge in [-0.25, -0.2) is 8.42 Å². The van der Waals surface area contributed by atoms with Crippen LogP contribution in [-0.2, 0) is 20.6 Å². The summed E-state index contributed by atoms with van der Waals surface area (Å²) in [5.41, 5.74) is 0.654. The van der Waals surface area contributed by atoms with Crippen molar-refractivity contribution in [1.29, 1.82) is 0 Å². The van der Waals surface area contributed by atoms with Crippen LogP contribution in [0.4, 0.5) is 0 Å². The number of rotatable bonds is 7. The highest BCUT2D eigenvalue weighted by atomic mass is 32.2. The summed E-state index contributed by atoms with van der Waals surface area (Å²) in [6, 6.07) is 8.75. The molecular formula is C13H19NO4S. The zero-order valence-electron chi connectivity index (χ0n) is 11.1.